The zero-order chi connectivity index (χ0) is 23.9. The van der Waals surface area contributed by atoms with Crippen LogP contribution >= 0.6 is 0 Å². The Hall–Kier alpha value is -2.33. The number of ether oxygens (including phenoxy) is 2. The molecule has 1 aliphatic rings. The van der Waals surface area contributed by atoms with E-state index in [1.165, 1.54) is 32.4 Å². The van der Waals surface area contributed by atoms with Crippen molar-refractivity contribution < 1.29 is 27.5 Å². The highest BCUT2D eigenvalue weighted by molar-refractivity contribution is 7.89. The van der Waals surface area contributed by atoms with Crippen LogP contribution in [0.1, 0.15) is 40.0 Å². The second kappa shape index (κ2) is 11.5. The molecule has 0 aromatic heterocycles. The Labute approximate surface area is 190 Å². The maximum atomic E-state index is 12.5. The number of carbonyl (C=O) groups excluding carboxylic acids is 2. The van der Waals surface area contributed by atoms with E-state index in [-0.39, 0.29) is 41.6 Å². The van der Waals surface area contributed by atoms with Crippen molar-refractivity contribution in [2.75, 3.05) is 33.9 Å². The molecule has 1 unspecified atom stereocenters. The summed E-state index contributed by atoms with van der Waals surface area (Å²) in [5.41, 5.74) is 0. The maximum absolute atomic E-state index is 12.5. The lowest BCUT2D eigenvalue weighted by Crippen LogP contribution is -2.46. The summed E-state index contributed by atoms with van der Waals surface area (Å²) in [5.74, 6) is 0.918. The average Bonchev–Trinajstić information content (AvgIpc) is 2.78. The van der Waals surface area contributed by atoms with Gasteiger partial charge in [0.05, 0.1) is 19.1 Å². The van der Waals surface area contributed by atoms with Gasteiger partial charge in [0.1, 0.15) is 0 Å². The first-order valence-corrected chi connectivity index (χ1v) is 12.4. The van der Waals surface area contributed by atoms with Crippen molar-refractivity contribution in [1.82, 2.24) is 14.9 Å². The van der Waals surface area contributed by atoms with Crippen LogP contribution in [-0.4, -0.2) is 65.0 Å². The Kier molecular flexibility index (Phi) is 9.33. The standard InChI is InChI=1S/C22H35N3O6S/c1-15(2)16(3)24-22(27)17-9-12-25(13-10-17)21(26)8-11-23-32(28,29)18-6-7-19(30-4)20(14-18)31-5/h6-7,14-17,23H,8-13H2,1-5H3,(H,24,27). The summed E-state index contributed by atoms with van der Waals surface area (Å²) in [5, 5.41) is 3.04. The van der Waals surface area contributed by atoms with E-state index in [0.29, 0.717) is 43.3 Å². The molecule has 180 valence electrons. The Morgan fingerprint density at radius 3 is 2.28 bits per heavy atom. The highest BCUT2D eigenvalue weighted by Crippen LogP contribution is 2.29. The minimum atomic E-state index is -3.79. The zero-order valence-electron chi connectivity index (χ0n) is 19.5. The molecule has 0 aliphatic carbocycles. The largest absolute Gasteiger partial charge is 0.493 e. The second-order valence-electron chi connectivity index (χ2n) is 8.36. The van der Waals surface area contributed by atoms with Gasteiger partial charge in [0.2, 0.25) is 21.8 Å². The van der Waals surface area contributed by atoms with Crippen LogP contribution in [0.15, 0.2) is 23.1 Å². The van der Waals surface area contributed by atoms with E-state index in [4.69, 9.17) is 9.47 Å². The van der Waals surface area contributed by atoms with Gasteiger partial charge in [0.15, 0.2) is 11.5 Å². The van der Waals surface area contributed by atoms with Crippen LogP contribution in [0.4, 0.5) is 0 Å². The number of carbonyl (C=O) groups is 2. The molecular formula is C22H35N3O6S. The van der Waals surface area contributed by atoms with E-state index >= 15 is 0 Å². The van der Waals surface area contributed by atoms with E-state index in [9.17, 15) is 18.0 Å². The summed E-state index contributed by atoms with van der Waals surface area (Å²) >= 11 is 0. The molecule has 1 fully saturated rings. The van der Waals surface area contributed by atoms with Gasteiger partial charge in [-0.2, -0.15) is 0 Å². The third kappa shape index (κ3) is 6.83. The fourth-order valence-electron chi connectivity index (χ4n) is 3.42. The van der Waals surface area contributed by atoms with Gasteiger partial charge in [0, 0.05) is 44.1 Å². The van der Waals surface area contributed by atoms with Gasteiger partial charge in [-0.3, -0.25) is 9.59 Å². The molecule has 1 aliphatic heterocycles. The number of nitrogens with zero attached hydrogens (tertiary/aromatic N) is 1. The normalized spacial score (nSPS) is 16.0. The molecule has 1 heterocycles. The first-order chi connectivity index (χ1) is 15.1. The molecule has 1 aromatic rings. The van der Waals surface area contributed by atoms with Crippen LogP contribution < -0.4 is 19.5 Å². The van der Waals surface area contributed by atoms with Crippen molar-refractivity contribution in [3.05, 3.63) is 18.2 Å². The van der Waals surface area contributed by atoms with Gasteiger partial charge >= 0.3 is 0 Å². The third-order valence-corrected chi connectivity index (χ3v) is 7.34. The van der Waals surface area contributed by atoms with Gasteiger partial charge in [-0.15, -0.1) is 0 Å². The molecule has 1 atom stereocenters. The first kappa shape index (κ1) is 25.9. The van der Waals surface area contributed by atoms with Gasteiger partial charge in [-0.25, -0.2) is 13.1 Å². The van der Waals surface area contributed by atoms with Crippen molar-refractivity contribution >= 4 is 21.8 Å². The molecule has 2 rings (SSSR count). The van der Waals surface area contributed by atoms with E-state index in [0.717, 1.165) is 0 Å². The highest BCUT2D eigenvalue weighted by atomic mass is 32.2. The minimum Gasteiger partial charge on any atom is -0.493 e. The number of nitrogens with one attached hydrogen (secondary N) is 2. The van der Waals surface area contributed by atoms with Crippen molar-refractivity contribution in [2.45, 2.75) is 51.0 Å². The van der Waals surface area contributed by atoms with Gasteiger partial charge in [0.25, 0.3) is 0 Å². The van der Waals surface area contributed by atoms with Crippen molar-refractivity contribution in [3.63, 3.8) is 0 Å². The van der Waals surface area contributed by atoms with Crippen LogP contribution in [0.3, 0.4) is 0 Å². The summed E-state index contributed by atoms with van der Waals surface area (Å²) < 4.78 is 37.8. The molecule has 0 radical (unpaired) electrons. The lowest BCUT2D eigenvalue weighted by Gasteiger charge is -2.32. The molecule has 9 nitrogen and oxygen atoms in total. The van der Waals surface area contributed by atoms with Crippen molar-refractivity contribution in [1.29, 1.82) is 0 Å². The number of benzene rings is 1. The van der Waals surface area contributed by atoms with Gasteiger partial charge < -0.3 is 19.7 Å². The predicted octanol–water partition coefficient (Wildman–Crippen LogP) is 1.77. The molecule has 32 heavy (non-hydrogen) atoms. The number of methoxy groups -OCH3 is 2. The Morgan fingerprint density at radius 2 is 1.72 bits per heavy atom. The maximum Gasteiger partial charge on any atom is 0.240 e. The number of likely N-dealkylation sites (tertiary alicyclic amines) is 1. The summed E-state index contributed by atoms with van der Waals surface area (Å²) in [6.45, 7) is 7.09. The van der Waals surface area contributed by atoms with E-state index in [2.05, 4.69) is 23.9 Å². The fourth-order valence-corrected chi connectivity index (χ4v) is 4.46. The van der Waals surface area contributed by atoms with Crippen molar-refractivity contribution in [3.8, 4) is 11.5 Å². The number of sulfonamides is 1. The molecule has 0 spiro atoms. The molecule has 2 N–H and O–H groups in total. The fraction of sp³-hybridized carbons (Fsp3) is 0.636. The van der Waals surface area contributed by atoms with E-state index in [1.54, 1.807) is 4.90 Å². The topological polar surface area (TPSA) is 114 Å². The minimum absolute atomic E-state index is 0.0121. The quantitative estimate of drug-likeness (QED) is 0.540. The molecule has 0 saturated carbocycles. The SMILES string of the molecule is COc1ccc(S(=O)(=O)NCCC(=O)N2CCC(C(=O)NC(C)C(C)C)CC2)cc1OC. The number of hydrogen-bond acceptors (Lipinski definition) is 6. The summed E-state index contributed by atoms with van der Waals surface area (Å²) in [6, 6.07) is 4.42. The molecule has 1 aromatic carbocycles. The number of hydrogen-bond donors (Lipinski definition) is 2. The average molecular weight is 470 g/mol. The molecular weight excluding hydrogens is 434 g/mol. The second-order valence-corrected chi connectivity index (χ2v) is 10.1. The zero-order valence-corrected chi connectivity index (χ0v) is 20.3. The van der Waals surface area contributed by atoms with E-state index in [1.807, 2.05) is 6.92 Å². The monoisotopic (exact) mass is 469 g/mol. The van der Waals surface area contributed by atoms with Crippen LogP contribution in [0, 0.1) is 11.8 Å². The summed E-state index contributed by atoms with van der Waals surface area (Å²) in [7, 11) is -0.894. The molecule has 10 heteroatoms. The van der Waals surface area contributed by atoms with Crippen LogP contribution in [0.5, 0.6) is 11.5 Å². The van der Waals surface area contributed by atoms with Crippen LogP contribution in [0.2, 0.25) is 0 Å². The third-order valence-electron chi connectivity index (χ3n) is 5.88. The van der Waals surface area contributed by atoms with Gasteiger partial charge in [-0.05, 0) is 37.8 Å². The number of piperidine rings is 1. The first-order valence-electron chi connectivity index (χ1n) is 10.9. The smallest absolute Gasteiger partial charge is 0.240 e. The number of rotatable bonds is 10. The molecule has 2 amide bonds. The lowest BCUT2D eigenvalue weighted by atomic mass is 9.94. The lowest BCUT2D eigenvalue weighted by molar-refractivity contribution is -0.135. The summed E-state index contributed by atoms with van der Waals surface area (Å²) in [6.07, 6.45) is 1.27. The predicted molar refractivity (Wildman–Crippen MR) is 121 cm³/mol. The Balaban J connectivity index is 1.82. The highest BCUT2D eigenvalue weighted by Gasteiger charge is 2.28. The summed E-state index contributed by atoms with van der Waals surface area (Å²) in [4.78, 5) is 26.6. The molecule has 1 saturated heterocycles. The van der Waals surface area contributed by atoms with Gasteiger partial charge in [-0.1, -0.05) is 13.8 Å². The Bertz CT molecular complexity index is 895. The van der Waals surface area contributed by atoms with Crippen LogP contribution in [-0.2, 0) is 19.6 Å². The number of amides is 2. The van der Waals surface area contributed by atoms with Crippen molar-refractivity contribution in [2.24, 2.45) is 11.8 Å². The van der Waals surface area contributed by atoms with Crippen LogP contribution in [0.25, 0.3) is 0 Å². The van der Waals surface area contributed by atoms with E-state index < -0.39 is 10.0 Å². The molecule has 0 bridgehead atoms. The Morgan fingerprint density at radius 1 is 1.09 bits per heavy atom.